The fourth-order valence-electron chi connectivity index (χ4n) is 2.37. The van der Waals surface area contributed by atoms with Crippen molar-refractivity contribution in [1.82, 2.24) is 10.8 Å². The second-order valence-electron chi connectivity index (χ2n) is 5.54. The first-order chi connectivity index (χ1) is 7.43. The molecule has 1 rings (SSSR count). The first kappa shape index (κ1) is 14.6. The van der Waals surface area contributed by atoms with Crippen LogP contribution in [0, 0.1) is 5.92 Å². The molecular weight excluding hydrogens is 247 g/mol. The van der Waals surface area contributed by atoms with Gasteiger partial charge in [0, 0.05) is 11.1 Å². The van der Waals surface area contributed by atoms with Gasteiger partial charge in [0.25, 0.3) is 0 Å². The van der Waals surface area contributed by atoms with E-state index in [-0.39, 0.29) is 5.54 Å². The van der Waals surface area contributed by atoms with Gasteiger partial charge in [-0.05, 0) is 34.1 Å². The van der Waals surface area contributed by atoms with E-state index in [9.17, 15) is 9.36 Å². The second-order valence-corrected chi connectivity index (χ2v) is 6.70. The molecule has 0 aliphatic carbocycles. The van der Waals surface area contributed by atoms with E-state index in [0.29, 0.717) is 6.42 Å². The largest absolute Gasteiger partial charge is 0.491 e. The Morgan fingerprint density at radius 1 is 1.41 bits per heavy atom. The van der Waals surface area contributed by atoms with Crippen molar-refractivity contribution in [2.45, 2.75) is 45.2 Å². The highest BCUT2D eigenvalue weighted by Gasteiger charge is 2.47. The first-order valence-corrected chi connectivity index (χ1v) is 6.79. The number of rotatable bonds is 3. The molecule has 0 radical (unpaired) electrons. The van der Waals surface area contributed by atoms with E-state index in [1.54, 1.807) is 0 Å². The van der Waals surface area contributed by atoms with Crippen molar-refractivity contribution in [2.24, 2.45) is 5.92 Å². The molecule has 1 atom stereocenters. The van der Waals surface area contributed by atoms with Crippen LogP contribution < -0.4 is 10.8 Å². The molecular formula is C9H19N2O5P. The number of nitrogens with one attached hydrogen (secondary N) is 2. The molecule has 0 saturated carbocycles. The molecule has 1 amide bonds. The predicted molar refractivity (Wildman–Crippen MR) is 60.7 cm³/mol. The summed E-state index contributed by atoms with van der Waals surface area (Å²) in [4.78, 5) is 28.8. The van der Waals surface area contributed by atoms with Crippen LogP contribution in [0.5, 0.6) is 0 Å². The molecule has 0 spiro atoms. The van der Waals surface area contributed by atoms with Crippen molar-refractivity contribution in [2.75, 3.05) is 0 Å². The zero-order valence-electron chi connectivity index (χ0n) is 10.4. The van der Waals surface area contributed by atoms with Crippen LogP contribution >= 0.6 is 7.82 Å². The van der Waals surface area contributed by atoms with Crippen molar-refractivity contribution < 1.29 is 23.8 Å². The van der Waals surface area contributed by atoms with Crippen LogP contribution in [0.4, 0.5) is 0 Å². The van der Waals surface area contributed by atoms with Gasteiger partial charge in [0.15, 0.2) is 0 Å². The Labute approximate surface area is 100 Å². The third kappa shape index (κ3) is 4.04. The van der Waals surface area contributed by atoms with Crippen LogP contribution in [0.3, 0.4) is 0 Å². The summed E-state index contributed by atoms with van der Waals surface area (Å²) in [6.45, 7) is 7.66. The van der Waals surface area contributed by atoms with Gasteiger partial charge in [0.05, 0.1) is 5.92 Å². The summed E-state index contributed by atoms with van der Waals surface area (Å²) >= 11 is 0. The van der Waals surface area contributed by atoms with Gasteiger partial charge in [-0.25, -0.2) is 10.0 Å². The van der Waals surface area contributed by atoms with Crippen LogP contribution in [0.2, 0.25) is 0 Å². The van der Waals surface area contributed by atoms with E-state index in [0.717, 1.165) is 0 Å². The van der Waals surface area contributed by atoms with Crippen molar-refractivity contribution in [1.29, 1.82) is 0 Å². The Hall–Kier alpha value is -0.460. The maximum Gasteiger partial charge on any atom is 0.491 e. The van der Waals surface area contributed by atoms with Crippen LogP contribution in [0.1, 0.15) is 34.1 Å². The minimum Gasteiger partial charge on any atom is -0.306 e. The molecule has 7 nitrogen and oxygen atoms in total. The number of hydroxylamine groups is 1. The normalized spacial score (nSPS) is 26.8. The lowest BCUT2D eigenvalue weighted by Gasteiger charge is -2.27. The highest BCUT2D eigenvalue weighted by atomic mass is 31.2. The summed E-state index contributed by atoms with van der Waals surface area (Å²) in [5.41, 5.74) is 1.16. The van der Waals surface area contributed by atoms with Gasteiger partial charge in [0.2, 0.25) is 5.91 Å². The Morgan fingerprint density at radius 2 is 1.94 bits per heavy atom. The molecule has 0 aromatic heterocycles. The molecule has 1 heterocycles. The quantitative estimate of drug-likeness (QED) is 0.432. The molecule has 0 aromatic rings. The number of hydrogen-bond acceptors (Lipinski definition) is 4. The molecule has 1 unspecified atom stereocenters. The lowest BCUT2D eigenvalue weighted by Crippen LogP contribution is -2.48. The number of phosphoric acid groups is 1. The van der Waals surface area contributed by atoms with Crippen LogP contribution in [0.25, 0.3) is 0 Å². The van der Waals surface area contributed by atoms with E-state index >= 15 is 0 Å². The smallest absolute Gasteiger partial charge is 0.306 e. The van der Waals surface area contributed by atoms with Crippen LogP contribution in [-0.2, 0) is 14.0 Å². The van der Waals surface area contributed by atoms with Gasteiger partial charge in [-0.15, -0.1) is 0 Å². The van der Waals surface area contributed by atoms with E-state index in [1.807, 2.05) is 33.2 Å². The Kier molecular flexibility index (Phi) is 3.72. The molecule has 1 aliphatic heterocycles. The fraction of sp³-hybridized carbons (Fsp3) is 0.889. The van der Waals surface area contributed by atoms with Crippen molar-refractivity contribution in [3.63, 3.8) is 0 Å². The molecule has 1 aliphatic rings. The molecule has 8 heteroatoms. The van der Waals surface area contributed by atoms with Crippen LogP contribution in [0.15, 0.2) is 0 Å². The Bertz CT molecular complexity index is 362. The van der Waals surface area contributed by atoms with Gasteiger partial charge in [-0.1, -0.05) is 0 Å². The average Bonchev–Trinajstić information content (AvgIpc) is 2.29. The van der Waals surface area contributed by atoms with E-state index < -0.39 is 25.2 Å². The Morgan fingerprint density at radius 3 is 2.29 bits per heavy atom. The Balaban J connectivity index is 2.67. The predicted octanol–water partition coefficient (Wildman–Crippen LogP) is 0.294. The summed E-state index contributed by atoms with van der Waals surface area (Å²) in [7, 11) is -4.69. The molecule has 1 fully saturated rings. The molecule has 1 saturated heterocycles. The first-order valence-electron chi connectivity index (χ1n) is 5.26. The van der Waals surface area contributed by atoms with Gasteiger partial charge in [-0.2, -0.15) is 4.62 Å². The highest BCUT2D eigenvalue weighted by molar-refractivity contribution is 7.46. The minimum absolute atomic E-state index is 0.201. The summed E-state index contributed by atoms with van der Waals surface area (Å²) in [5.74, 6) is -0.944. The van der Waals surface area contributed by atoms with Crippen molar-refractivity contribution in [3.05, 3.63) is 0 Å². The lowest BCUT2D eigenvalue weighted by atomic mass is 9.86. The van der Waals surface area contributed by atoms with E-state index in [4.69, 9.17) is 9.79 Å². The van der Waals surface area contributed by atoms with Gasteiger partial charge < -0.3 is 15.1 Å². The third-order valence-electron chi connectivity index (χ3n) is 2.83. The number of amides is 1. The van der Waals surface area contributed by atoms with E-state index in [2.05, 4.69) is 9.94 Å². The zero-order chi connectivity index (χ0) is 13.5. The van der Waals surface area contributed by atoms with Gasteiger partial charge in [-0.3, -0.25) is 4.79 Å². The zero-order valence-corrected chi connectivity index (χ0v) is 11.2. The molecule has 100 valence electrons. The molecule has 0 bridgehead atoms. The molecule has 17 heavy (non-hydrogen) atoms. The van der Waals surface area contributed by atoms with Gasteiger partial charge in [0.1, 0.15) is 0 Å². The summed E-state index contributed by atoms with van der Waals surface area (Å²) in [6, 6.07) is 0. The van der Waals surface area contributed by atoms with Crippen molar-refractivity contribution in [3.8, 4) is 0 Å². The van der Waals surface area contributed by atoms with Crippen LogP contribution in [-0.4, -0.2) is 26.8 Å². The summed E-state index contributed by atoms with van der Waals surface area (Å²) < 4.78 is 14.5. The third-order valence-corrected chi connectivity index (χ3v) is 3.16. The van der Waals surface area contributed by atoms with Crippen molar-refractivity contribution >= 4 is 13.7 Å². The van der Waals surface area contributed by atoms with E-state index in [1.165, 1.54) is 0 Å². The van der Waals surface area contributed by atoms with Gasteiger partial charge >= 0.3 is 7.82 Å². The standard InChI is InChI=1S/C9H19N2O5P/c1-8(2)5-6(9(3,4)11-8)7(12)10-16-17(13,14)15/h6,11H,5H2,1-4H3,(H,10,12)(H2,13,14,15). The average molecular weight is 266 g/mol. The second kappa shape index (κ2) is 4.33. The number of hydrogen-bond donors (Lipinski definition) is 4. The minimum atomic E-state index is -4.69. The highest BCUT2D eigenvalue weighted by Crippen LogP contribution is 2.37. The fourth-order valence-corrected chi connectivity index (χ4v) is 2.58. The molecule has 4 N–H and O–H groups in total. The number of carbonyl (C=O) groups excluding carboxylic acids is 1. The molecule has 0 aromatic carbocycles. The summed E-state index contributed by atoms with van der Waals surface area (Å²) in [5, 5.41) is 3.29. The SMILES string of the molecule is CC1(C)CC(C(=O)NOP(=O)(O)O)C(C)(C)N1. The monoisotopic (exact) mass is 266 g/mol. The maximum atomic E-state index is 11.8. The lowest BCUT2D eigenvalue weighted by molar-refractivity contribution is -0.134. The summed E-state index contributed by atoms with van der Waals surface area (Å²) in [6.07, 6.45) is 0.566. The topological polar surface area (TPSA) is 108 Å². The maximum absolute atomic E-state index is 11.8. The number of carbonyl (C=O) groups is 1.